The Balaban J connectivity index is 1.45. The topological polar surface area (TPSA) is 56.6 Å². The predicted molar refractivity (Wildman–Crippen MR) is 94.8 cm³/mol. The van der Waals surface area contributed by atoms with Gasteiger partial charge < -0.3 is 18.9 Å². The van der Waals surface area contributed by atoms with E-state index in [1.54, 1.807) is 19.6 Å². The van der Waals surface area contributed by atoms with Gasteiger partial charge in [0.25, 0.3) is 0 Å². The fraction of sp³-hybridized carbons (Fsp3) is 0.474. The number of carbonyl (C=O) groups is 1. The third-order valence-electron chi connectivity index (χ3n) is 4.66. The zero-order valence-electron chi connectivity index (χ0n) is 14.8. The lowest BCUT2D eigenvalue weighted by Crippen LogP contribution is -2.42. The summed E-state index contributed by atoms with van der Waals surface area (Å²) in [7, 11) is 1.65. The molecule has 1 aromatic heterocycles. The molecule has 0 N–H and O–H groups in total. The van der Waals surface area contributed by atoms with Crippen LogP contribution in [0.1, 0.15) is 32.2 Å². The number of amides is 1. The van der Waals surface area contributed by atoms with E-state index in [0.29, 0.717) is 6.42 Å². The maximum atomic E-state index is 12.5. The number of rotatable bonds is 6. The molecule has 1 aromatic carbocycles. The van der Waals surface area contributed by atoms with E-state index in [2.05, 4.69) is 4.98 Å². The Kier molecular flexibility index (Phi) is 5.58. The second kappa shape index (κ2) is 8.05. The minimum absolute atomic E-state index is 0.128. The second-order valence-corrected chi connectivity index (χ2v) is 6.44. The van der Waals surface area contributed by atoms with Crippen LogP contribution in [-0.2, 0) is 4.79 Å². The largest absolute Gasteiger partial charge is 0.497 e. The molecule has 6 nitrogen and oxygen atoms in total. The average Bonchev–Trinajstić information content (AvgIpc) is 3.18. The van der Waals surface area contributed by atoms with Crippen LogP contribution in [0.4, 0.5) is 0 Å². The Morgan fingerprint density at radius 1 is 1.24 bits per heavy atom. The Morgan fingerprint density at radius 3 is 2.52 bits per heavy atom. The second-order valence-electron chi connectivity index (χ2n) is 6.44. The van der Waals surface area contributed by atoms with Gasteiger partial charge in [-0.15, -0.1) is 0 Å². The van der Waals surface area contributed by atoms with Crippen molar-refractivity contribution in [3.05, 3.63) is 43.0 Å². The van der Waals surface area contributed by atoms with Gasteiger partial charge in [0.2, 0.25) is 5.91 Å². The summed E-state index contributed by atoms with van der Waals surface area (Å²) in [5.41, 5.74) is 0. The molecule has 1 amide bonds. The molecule has 134 valence electrons. The monoisotopic (exact) mass is 343 g/mol. The van der Waals surface area contributed by atoms with E-state index in [-0.39, 0.29) is 18.1 Å². The Hall–Kier alpha value is -2.50. The highest BCUT2D eigenvalue weighted by Gasteiger charge is 2.25. The number of benzene rings is 1. The van der Waals surface area contributed by atoms with Gasteiger partial charge in [-0.1, -0.05) is 0 Å². The quantitative estimate of drug-likeness (QED) is 0.809. The van der Waals surface area contributed by atoms with E-state index in [1.165, 1.54) is 0 Å². The standard InChI is InChI=1S/C19H25N3O3/c1-15(22-12-9-20-14-22)13-19(23)21-10-7-18(8-11-21)25-17-5-3-16(24-2)4-6-17/h3-6,9,12,14-15,18H,7-8,10-11,13H2,1-2H3/t15-/m0/s1. The summed E-state index contributed by atoms with van der Waals surface area (Å²) in [5, 5.41) is 0. The first-order chi connectivity index (χ1) is 12.2. The van der Waals surface area contributed by atoms with E-state index < -0.39 is 0 Å². The van der Waals surface area contributed by atoms with Crippen LogP contribution >= 0.6 is 0 Å². The van der Waals surface area contributed by atoms with Crippen molar-refractivity contribution in [2.45, 2.75) is 38.3 Å². The molecule has 0 bridgehead atoms. The third-order valence-corrected chi connectivity index (χ3v) is 4.66. The maximum absolute atomic E-state index is 12.5. The SMILES string of the molecule is COc1ccc(OC2CCN(C(=O)C[C@H](C)n3ccnc3)CC2)cc1. The predicted octanol–water partition coefficient (Wildman–Crippen LogP) is 2.91. The molecule has 1 aliphatic heterocycles. The average molecular weight is 343 g/mol. The fourth-order valence-electron chi connectivity index (χ4n) is 3.09. The molecule has 6 heteroatoms. The van der Waals surface area contributed by atoms with Crippen molar-refractivity contribution in [1.82, 2.24) is 14.5 Å². The summed E-state index contributed by atoms with van der Waals surface area (Å²) >= 11 is 0. The highest BCUT2D eigenvalue weighted by atomic mass is 16.5. The van der Waals surface area contributed by atoms with Gasteiger partial charge in [0.1, 0.15) is 17.6 Å². The zero-order chi connectivity index (χ0) is 17.6. The van der Waals surface area contributed by atoms with Crippen LogP contribution < -0.4 is 9.47 Å². The lowest BCUT2D eigenvalue weighted by Gasteiger charge is -2.33. The van der Waals surface area contributed by atoms with Gasteiger partial charge in [-0.3, -0.25) is 4.79 Å². The molecule has 0 radical (unpaired) electrons. The molecule has 3 rings (SSSR count). The highest BCUT2D eigenvalue weighted by Crippen LogP contribution is 2.22. The first-order valence-corrected chi connectivity index (χ1v) is 8.71. The summed E-state index contributed by atoms with van der Waals surface area (Å²) in [6, 6.07) is 7.76. The minimum atomic E-state index is 0.128. The van der Waals surface area contributed by atoms with Crippen LogP contribution in [0.5, 0.6) is 11.5 Å². The zero-order valence-corrected chi connectivity index (χ0v) is 14.8. The molecule has 0 saturated carbocycles. The summed E-state index contributed by atoms with van der Waals surface area (Å²) in [6.45, 7) is 3.53. The van der Waals surface area contributed by atoms with Crippen molar-refractivity contribution < 1.29 is 14.3 Å². The molecular weight excluding hydrogens is 318 g/mol. The summed E-state index contributed by atoms with van der Waals surface area (Å²) < 4.78 is 13.1. The Morgan fingerprint density at radius 2 is 1.92 bits per heavy atom. The molecule has 1 saturated heterocycles. The van der Waals surface area contributed by atoms with Crippen molar-refractivity contribution in [2.24, 2.45) is 0 Å². The number of methoxy groups -OCH3 is 1. The lowest BCUT2D eigenvalue weighted by atomic mass is 10.1. The molecular formula is C19H25N3O3. The first kappa shape index (κ1) is 17.3. The van der Waals surface area contributed by atoms with Gasteiger partial charge in [0.05, 0.1) is 13.4 Å². The van der Waals surface area contributed by atoms with Crippen molar-refractivity contribution in [3.63, 3.8) is 0 Å². The molecule has 1 atom stereocenters. The van der Waals surface area contributed by atoms with Crippen molar-refractivity contribution in [1.29, 1.82) is 0 Å². The number of carbonyl (C=O) groups excluding carboxylic acids is 1. The Labute approximate surface area is 148 Å². The first-order valence-electron chi connectivity index (χ1n) is 8.71. The van der Waals surface area contributed by atoms with E-state index in [0.717, 1.165) is 37.4 Å². The molecule has 1 fully saturated rings. The van der Waals surface area contributed by atoms with E-state index in [4.69, 9.17) is 9.47 Å². The number of piperidine rings is 1. The van der Waals surface area contributed by atoms with Crippen molar-refractivity contribution in [3.8, 4) is 11.5 Å². The third kappa shape index (κ3) is 4.53. The Bertz CT molecular complexity index is 662. The fourth-order valence-corrected chi connectivity index (χ4v) is 3.09. The van der Waals surface area contributed by atoms with Crippen LogP contribution in [0, 0.1) is 0 Å². The summed E-state index contributed by atoms with van der Waals surface area (Å²) in [4.78, 5) is 18.5. The van der Waals surface area contributed by atoms with Crippen molar-refractivity contribution in [2.75, 3.05) is 20.2 Å². The van der Waals surface area contributed by atoms with Crippen LogP contribution in [0.3, 0.4) is 0 Å². The maximum Gasteiger partial charge on any atom is 0.224 e. The number of nitrogens with zero attached hydrogens (tertiary/aromatic N) is 3. The van der Waals surface area contributed by atoms with Crippen LogP contribution in [0.2, 0.25) is 0 Å². The number of likely N-dealkylation sites (tertiary alicyclic amines) is 1. The number of hydrogen-bond donors (Lipinski definition) is 0. The normalized spacial score (nSPS) is 16.5. The van der Waals surface area contributed by atoms with Gasteiger partial charge in [0.15, 0.2) is 0 Å². The van der Waals surface area contributed by atoms with Crippen LogP contribution in [-0.4, -0.2) is 46.7 Å². The number of imidazole rings is 1. The molecule has 0 unspecified atom stereocenters. The number of hydrogen-bond acceptors (Lipinski definition) is 4. The van der Waals surface area contributed by atoms with Gasteiger partial charge in [-0.05, 0) is 31.2 Å². The smallest absolute Gasteiger partial charge is 0.224 e. The van der Waals surface area contributed by atoms with Gasteiger partial charge in [-0.2, -0.15) is 0 Å². The van der Waals surface area contributed by atoms with Crippen LogP contribution in [0.15, 0.2) is 43.0 Å². The van der Waals surface area contributed by atoms with Crippen LogP contribution in [0.25, 0.3) is 0 Å². The summed E-state index contributed by atoms with van der Waals surface area (Å²) in [5.74, 6) is 1.86. The molecule has 1 aliphatic rings. The number of ether oxygens (including phenoxy) is 2. The number of aromatic nitrogens is 2. The molecule has 0 aliphatic carbocycles. The highest BCUT2D eigenvalue weighted by molar-refractivity contribution is 5.76. The molecule has 25 heavy (non-hydrogen) atoms. The summed E-state index contributed by atoms with van der Waals surface area (Å²) in [6.07, 6.45) is 7.76. The van der Waals surface area contributed by atoms with Gasteiger partial charge in [-0.25, -0.2) is 4.98 Å². The van der Waals surface area contributed by atoms with E-state index >= 15 is 0 Å². The van der Waals surface area contributed by atoms with E-state index in [1.807, 2.05) is 46.9 Å². The minimum Gasteiger partial charge on any atom is -0.497 e. The molecule has 2 aromatic rings. The van der Waals surface area contributed by atoms with Gasteiger partial charge in [0, 0.05) is 50.8 Å². The molecule has 0 spiro atoms. The van der Waals surface area contributed by atoms with Gasteiger partial charge >= 0.3 is 0 Å². The lowest BCUT2D eigenvalue weighted by molar-refractivity contribution is -0.133. The van der Waals surface area contributed by atoms with Crippen molar-refractivity contribution >= 4 is 5.91 Å². The van der Waals surface area contributed by atoms with E-state index in [9.17, 15) is 4.79 Å². The molecule has 2 heterocycles.